The predicted molar refractivity (Wildman–Crippen MR) is 60.4 cm³/mol. The highest BCUT2D eigenvalue weighted by atomic mass is 16.3. The number of hydrogen-bond acceptors (Lipinski definition) is 2. The summed E-state index contributed by atoms with van der Waals surface area (Å²) in [6.45, 7) is 4.46. The van der Waals surface area contributed by atoms with Crippen molar-refractivity contribution >= 4 is 5.91 Å². The molecule has 1 amide bonds. The van der Waals surface area contributed by atoms with Gasteiger partial charge in [0.1, 0.15) is 0 Å². The minimum absolute atomic E-state index is 0.134. The van der Waals surface area contributed by atoms with Crippen LogP contribution in [0.2, 0.25) is 0 Å². The van der Waals surface area contributed by atoms with E-state index in [1.54, 1.807) is 0 Å². The Hall–Kier alpha value is -0.570. The maximum atomic E-state index is 11.6. The van der Waals surface area contributed by atoms with Gasteiger partial charge in [0.2, 0.25) is 5.91 Å². The molecule has 0 heterocycles. The van der Waals surface area contributed by atoms with Gasteiger partial charge in [-0.05, 0) is 18.8 Å². The molecule has 15 heavy (non-hydrogen) atoms. The van der Waals surface area contributed by atoms with Crippen LogP contribution in [0.25, 0.3) is 0 Å². The van der Waals surface area contributed by atoms with Crippen LogP contribution in [-0.2, 0) is 4.79 Å². The van der Waals surface area contributed by atoms with Crippen LogP contribution in [0.1, 0.15) is 46.0 Å². The van der Waals surface area contributed by atoms with Crippen molar-refractivity contribution in [3.8, 4) is 0 Å². The van der Waals surface area contributed by atoms with Crippen LogP contribution in [-0.4, -0.2) is 23.7 Å². The summed E-state index contributed by atoms with van der Waals surface area (Å²) in [5.41, 5.74) is 0. The first-order chi connectivity index (χ1) is 7.15. The van der Waals surface area contributed by atoms with Gasteiger partial charge >= 0.3 is 0 Å². The minimum Gasteiger partial charge on any atom is -0.391 e. The van der Waals surface area contributed by atoms with Crippen molar-refractivity contribution in [3.63, 3.8) is 0 Å². The molecule has 0 aromatic carbocycles. The number of hydrogen-bond donors (Lipinski definition) is 2. The molecule has 0 aromatic rings. The quantitative estimate of drug-likeness (QED) is 0.730. The van der Waals surface area contributed by atoms with Gasteiger partial charge in [-0.25, -0.2) is 0 Å². The van der Waals surface area contributed by atoms with Gasteiger partial charge in [-0.2, -0.15) is 0 Å². The van der Waals surface area contributed by atoms with Crippen molar-refractivity contribution in [2.45, 2.75) is 52.1 Å². The van der Waals surface area contributed by atoms with Crippen LogP contribution >= 0.6 is 0 Å². The van der Waals surface area contributed by atoms with Crippen LogP contribution in [0.5, 0.6) is 0 Å². The largest absolute Gasteiger partial charge is 0.391 e. The van der Waals surface area contributed by atoms with Crippen molar-refractivity contribution in [1.82, 2.24) is 5.32 Å². The minimum atomic E-state index is -0.402. The van der Waals surface area contributed by atoms with Gasteiger partial charge in [0.05, 0.1) is 6.10 Å². The topological polar surface area (TPSA) is 49.3 Å². The van der Waals surface area contributed by atoms with Gasteiger partial charge in [0, 0.05) is 12.5 Å². The Morgan fingerprint density at radius 1 is 1.47 bits per heavy atom. The molecule has 0 saturated heterocycles. The van der Waals surface area contributed by atoms with Gasteiger partial charge in [0.25, 0.3) is 0 Å². The molecule has 2 atom stereocenters. The molecule has 1 aliphatic rings. The predicted octanol–water partition coefficient (Wildman–Crippen LogP) is 1.70. The molecule has 3 heteroatoms. The molecule has 88 valence electrons. The number of carbonyl (C=O) groups excluding carboxylic acids is 1. The van der Waals surface area contributed by atoms with Crippen LogP contribution in [0, 0.1) is 11.8 Å². The van der Waals surface area contributed by atoms with E-state index in [0.29, 0.717) is 6.54 Å². The van der Waals surface area contributed by atoms with Crippen LogP contribution in [0.15, 0.2) is 0 Å². The second-order valence-corrected chi connectivity index (χ2v) is 4.68. The first kappa shape index (κ1) is 12.5. The Kier molecular flexibility index (Phi) is 5.09. The number of carbonyl (C=O) groups is 1. The fraction of sp³-hybridized carbons (Fsp3) is 0.917. The average Bonchev–Trinajstić information content (AvgIpc) is 2.77. The van der Waals surface area contributed by atoms with E-state index in [0.717, 1.165) is 19.3 Å². The van der Waals surface area contributed by atoms with E-state index in [1.807, 2.05) is 13.8 Å². The molecule has 1 aliphatic carbocycles. The molecular weight excluding hydrogens is 190 g/mol. The van der Waals surface area contributed by atoms with Crippen molar-refractivity contribution < 1.29 is 9.90 Å². The second kappa shape index (κ2) is 6.11. The Morgan fingerprint density at radius 3 is 2.60 bits per heavy atom. The summed E-state index contributed by atoms with van der Waals surface area (Å²) in [7, 11) is 0. The molecule has 1 saturated carbocycles. The second-order valence-electron chi connectivity index (χ2n) is 4.68. The molecule has 0 radical (unpaired) electrons. The van der Waals surface area contributed by atoms with Crippen molar-refractivity contribution in [3.05, 3.63) is 0 Å². The maximum absolute atomic E-state index is 11.6. The summed E-state index contributed by atoms with van der Waals surface area (Å²) in [5.74, 6) is 0.595. The molecule has 2 N–H and O–H groups in total. The summed E-state index contributed by atoms with van der Waals surface area (Å²) >= 11 is 0. The van der Waals surface area contributed by atoms with E-state index in [-0.39, 0.29) is 17.7 Å². The number of rotatable bonds is 5. The molecule has 1 rings (SSSR count). The lowest BCUT2D eigenvalue weighted by molar-refractivity contribution is -0.125. The van der Waals surface area contributed by atoms with Crippen molar-refractivity contribution in [2.24, 2.45) is 11.8 Å². The Bertz CT molecular complexity index is 200. The fourth-order valence-electron chi connectivity index (χ4n) is 2.01. The zero-order valence-electron chi connectivity index (χ0n) is 9.83. The number of aliphatic hydroxyl groups excluding tert-OH is 1. The normalized spacial score (nSPS) is 21.3. The van der Waals surface area contributed by atoms with Gasteiger partial charge in [-0.3, -0.25) is 4.79 Å². The standard InChI is InChI=1S/C12H23NO2/c1-3-9(2)11(14)8-13-12(15)10-6-4-5-7-10/h9-11,14H,3-8H2,1-2H3,(H,13,15). The van der Waals surface area contributed by atoms with Crippen LogP contribution in [0.4, 0.5) is 0 Å². The third kappa shape index (κ3) is 3.82. The highest BCUT2D eigenvalue weighted by molar-refractivity contribution is 5.78. The van der Waals surface area contributed by atoms with Crippen molar-refractivity contribution in [2.75, 3.05) is 6.54 Å². The molecule has 2 unspecified atom stereocenters. The first-order valence-electron chi connectivity index (χ1n) is 6.11. The highest BCUT2D eigenvalue weighted by Gasteiger charge is 2.23. The van der Waals surface area contributed by atoms with E-state index in [1.165, 1.54) is 12.8 Å². The number of aliphatic hydroxyl groups is 1. The fourth-order valence-corrected chi connectivity index (χ4v) is 2.01. The van der Waals surface area contributed by atoms with Crippen molar-refractivity contribution in [1.29, 1.82) is 0 Å². The lowest BCUT2D eigenvalue weighted by Crippen LogP contribution is -2.38. The summed E-state index contributed by atoms with van der Waals surface area (Å²) in [6, 6.07) is 0. The molecule has 0 aliphatic heterocycles. The van der Waals surface area contributed by atoms with Crippen LogP contribution in [0.3, 0.4) is 0 Å². The maximum Gasteiger partial charge on any atom is 0.223 e. The smallest absolute Gasteiger partial charge is 0.223 e. The third-order valence-corrected chi connectivity index (χ3v) is 3.51. The highest BCUT2D eigenvalue weighted by Crippen LogP contribution is 2.24. The van der Waals surface area contributed by atoms with Gasteiger partial charge in [-0.15, -0.1) is 0 Å². The molecular formula is C12H23NO2. The third-order valence-electron chi connectivity index (χ3n) is 3.51. The average molecular weight is 213 g/mol. The molecule has 0 spiro atoms. The lowest BCUT2D eigenvalue weighted by atomic mass is 10.0. The Labute approximate surface area is 92.3 Å². The number of amides is 1. The SMILES string of the molecule is CCC(C)C(O)CNC(=O)C1CCCC1. The lowest BCUT2D eigenvalue weighted by Gasteiger charge is -2.18. The van der Waals surface area contributed by atoms with E-state index >= 15 is 0 Å². The molecule has 0 bridgehead atoms. The van der Waals surface area contributed by atoms with E-state index in [4.69, 9.17) is 0 Å². The van der Waals surface area contributed by atoms with Gasteiger partial charge < -0.3 is 10.4 Å². The van der Waals surface area contributed by atoms with Crippen LogP contribution < -0.4 is 5.32 Å². The monoisotopic (exact) mass is 213 g/mol. The summed E-state index contributed by atoms with van der Waals surface area (Å²) in [5, 5.41) is 12.5. The van der Waals surface area contributed by atoms with Gasteiger partial charge in [-0.1, -0.05) is 33.1 Å². The zero-order chi connectivity index (χ0) is 11.3. The molecule has 1 fully saturated rings. The number of nitrogens with one attached hydrogen (secondary N) is 1. The summed E-state index contributed by atoms with van der Waals surface area (Å²) < 4.78 is 0. The van der Waals surface area contributed by atoms with Gasteiger partial charge in [0.15, 0.2) is 0 Å². The molecule has 0 aromatic heterocycles. The zero-order valence-corrected chi connectivity index (χ0v) is 9.83. The van der Waals surface area contributed by atoms with E-state index in [2.05, 4.69) is 5.32 Å². The van der Waals surface area contributed by atoms with E-state index < -0.39 is 6.10 Å². The Morgan fingerprint density at radius 2 is 2.07 bits per heavy atom. The summed E-state index contributed by atoms with van der Waals surface area (Å²) in [6.07, 6.45) is 4.93. The Balaban J connectivity index is 2.21. The molecule has 3 nitrogen and oxygen atoms in total. The first-order valence-corrected chi connectivity index (χ1v) is 6.11. The van der Waals surface area contributed by atoms with E-state index in [9.17, 15) is 9.90 Å². The summed E-state index contributed by atoms with van der Waals surface area (Å²) in [4.78, 5) is 11.6.